The number of halogens is 2. The number of methoxy groups -OCH3 is 1. The summed E-state index contributed by atoms with van der Waals surface area (Å²) >= 11 is 5.90. The molecule has 0 aliphatic rings. The Morgan fingerprint density at radius 1 is 1.31 bits per heavy atom. The van der Waals surface area contributed by atoms with E-state index in [2.05, 4.69) is 4.98 Å². The summed E-state index contributed by atoms with van der Waals surface area (Å²) in [5.74, 6) is -0.0782. The molecule has 0 bridgehead atoms. The van der Waals surface area contributed by atoms with Gasteiger partial charge in [-0.2, -0.15) is 4.98 Å². The third-order valence-electron chi connectivity index (χ3n) is 5.14. The number of benzene rings is 1. The van der Waals surface area contributed by atoms with E-state index in [1.165, 1.54) is 13.2 Å². The molecule has 2 heterocycles. The van der Waals surface area contributed by atoms with Crippen LogP contribution in [0.4, 0.5) is 4.39 Å². The number of ether oxygens (including phenoxy) is 1. The van der Waals surface area contributed by atoms with Gasteiger partial charge in [-0.25, -0.2) is 4.39 Å². The number of aromatic nitrogens is 2. The molecule has 3 aromatic rings. The van der Waals surface area contributed by atoms with Crippen molar-refractivity contribution in [3.8, 4) is 5.88 Å². The van der Waals surface area contributed by atoms with Crippen molar-refractivity contribution in [2.24, 2.45) is 5.92 Å². The number of aryl methyl sites for hydroxylation is 1. The van der Waals surface area contributed by atoms with Crippen molar-refractivity contribution in [3.63, 3.8) is 0 Å². The Morgan fingerprint density at radius 3 is 2.66 bits per heavy atom. The van der Waals surface area contributed by atoms with Crippen LogP contribution in [0.1, 0.15) is 36.6 Å². The Labute approximate surface area is 173 Å². The van der Waals surface area contributed by atoms with Gasteiger partial charge < -0.3 is 14.4 Å². The van der Waals surface area contributed by atoms with Crippen LogP contribution in [-0.4, -0.2) is 28.4 Å². The van der Waals surface area contributed by atoms with Gasteiger partial charge in [-0.3, -0.25) is 4.79 Å². The van der Waals surface area contributed by atoms with E-state index in [-0.39, 0.29) is 35.4 Å². The average Bonchev–Trinajstić information content (AvgIpc) is 2.69. The van der Waals surface area contributed by atoms with E-state index in [4.69, 9.17) is 16.3 Å². The minimum atomic E-state index is -0.502. The molecule has 0 aliphatic heterocycles. The zero-order valence-electron chi connectivity index (χ0n) is 16.9. The predicted octanol–water partition coefficient (Wildman–Crippen LogP) is 4.29. The maximum atomic E-state index is 14.4. The first kappa shape index (κ1) is 21.3. The summed E-state index contributed by atoms with van der Waals surface area (Å²) in [5, 5.41) is 10.3. The Morgan fingerprint density at radius 2 is 2.03 bits per heavy atom. The average molecular weight is 419 g/mol. The van der Waals surface area contributed by atoms with E-state index >= 15 is 0 Å². The molecule has 0 saturated heterocycles. The molecule has 1 atom stereocenters. The summed E-state index contributed by atoms with van der Waals surface area (Å²) in [4.78, 5) is 17.4. The molecule has 3 rings (SSSR count). The molecule has 29 heavy (non-hydrogen) atoms. The van der Waals surface area contributed by atoms with Crippen molar-refractivity contribution in [2.45, 2.75) is 33.2 Å². The first-order valence-electron chi connectivity index (χ1n) is 9.41. The first-order chi connectivity index (χ1) is 13.8. The summed E-state index contributed by atoms with van der Waals surface area (Å²) in [5.41, 5.74) is 1.80. The van der Waals surface area contributed by atoms with Crippen LogP contribution in [0.2, 0.25) is 5.02 Å². The Bertz CT molecular complexity index is 1110. The third-order valence-corrected chi connectivity index (χ3v) is 5.43. The lowest BCUT2D eigenvalue weighted by Crippen LogP contribution is -2.24. The van der Waals surface area contributed by atoms with Gasteiger partial charge in [0.1, 0.15) is 11.5 Å². The SMILES string of the molecule is COc1nc2c(cc1Cc1cccc(Cl)c1F)c(=O)c(C)cn2[C@H](CO)C(C)C. The highest BCUT2D eigenvalue weighted by molar-refractivity contribution is 6.30. The lowest BCUT2D eigenvalue weighted by molar-refractivity contribution is 0.195. The number of hydrogen-bond donors (Lipinski definition) is 1. The van der Waals surface area contributed by atoms with Gasteiger partial charge in [-0.15, -0.1) is 0 Å². The molecule has 0 saturated carbocycles. The lowest BCUT2D eigenvalue weighted by Gasteiger charge is -2.24. The fraction of sp³-hybridized carbons (Fsp3) is 0.364. The van der Waals surface area contributed by atoms with Gasteiger partial charge in [0.15, 0.2) is 5.43 Å². The Hall–Kier alpha value is -2.44. The summed E-state index contributed by atoms with van der Waals surface area (Å²) in [6, 6.07) is 6.25. The van der Waals surface area contributed by atoms with E-state index in [0.29, 0.717) is 33.6 Å². The standard InChI is InChI=1S/C22H24ClFN2O3/c1-12(2)18(11-27)26-10-13(3)20(28)16-9-15(22(29-4)25-21(16)26)8-14-6-5-7-17(23)19(14)24/h5-7,9-10,12,18,27H,8,11H2,1-4H3/t18-/m1/s1. The van der Waals surface area contributed by atoms with E-state index < -0.39 is 5.82 Å². The smallest absolute Gasteiger partial charge is 0.218 e. The molecular weight excluding hydrogens is 395 g/mol. The van der Waals surface area contributed by atoms with E-state index in [9.17, 15) is 14.3 Å². The minimum Gasteiger partial charge on any atom is -0.481 e. The van der Waals surface area contributed by atoms with Crippen LogP contribution in [0.5, 0.6) is 5.88 Å². The van der Waals surface area contributed by atoms with Gasteiger partial charge in [0.25, 0.3) is 0 Å². The summed E-state index contributed by atoms with van der Waals surface area (Å²) in [6.07, 6.45) is 1.90. The van der Waals surface area contributed by atoms with Crippen LogP contribution >= 0.6 is 11.6 Å². The van der Waals surface area contributed by atoms with Crippen LogP contribution in [0.3, 0.4) is 0 Å². The van der Waals surface area contributed by atoms with E-state index in [1.54, 1.807) is 31.3 Å². The minimum absolute atomic E-state index is 0.0381. The number of hydrogen-bond acceptors (Lipinski definition) is 4. The second-order valence-electron chi connectivity index (χ2n) is 7.46. The summed E-state index contributed by atoms with van der Waals surface area (Å²) < 4.78 is 21.7. The molecule has 1 aromatic carbocycles. The van der Waals surface area contributed by atoms with Gasteiger partial charge in [-0.1, -0.05) is 37.6 Å². The fourth-order valence-corrected chi connectivity index (χ4v) is 3.69. The maximum Gasteiger partial charge on any atom is 0.218 e. The molecule has 5 nitrogen and oxygen atoms in total. The molecular formula is C22H24ClFN2O3. The highest BCUT2D eigenvalue weighted by Gasteiger charge is 2.21. The lowest BCUT2D eigenvalue weighted by atomic mass is 10.0. The second-order valence-corrected chi connectivity index (χ2v) is 7.87. The monoisotopic (exact) mass is 418 g/mol. The molecule has 0 amide bonds. The first-order valence-corrected chi connectivity index (χ1v) is 9.79. The van der Waals surface area contributed by atoms with Crippen molar-refractivity contribution < 1.29 is 14.2 Å². The number of nitrogens with zero attached hydrogens (tertiary/aromatic N) is 2. The molecule has 2 aromatic heterocycles. The highest BCUT2D eigenvalue weighted by atomic mass is 35.5. The number of aliphatic hydroxyl groups excluding tert-OH is 1. The van der Waals surface area contributed by atoms with E-state index in [0.717, 1.165) is 0 Å². The van der Waals surface area contributed by atoms with Crippen molar-refractivity contribution in [1.82, 2.24) is 9.55 Å². The fourth-order valence-electron chi connectivity index (χ4n) is 3.50. The van der Waals surface area contributed by atoms with Crippen LogP contribution in [0.25, 0.3) is 11.0 Å². The molecule has 154 valence electrons. The molecule has 1 N–H and O–H groups in total. The van der Waals surface area contributed by atoms with Gasteiger partial charge in [0, 0.05) is 23.7 Å². The summed E-state index contributed by atoms with van der Waals surface area (Å²) in [6.45, 7) is 5.63. The topological polar surface area (TPSA) is 64.3 Å². The second kappa shape index (κ2) is 8.51. The summed E-state index contributed by atoms with van der Waals surface area (Å²) in [7, 11) is 1.48. The number of aliphatic hydroxyl groups is 1. The molecule has 7 heteroatoms. The zero-order valence-corrected chi connectivity index (χ0v) is 17.6. The number of rotatable bonds is 6. The Balaban J connectivity index is 2.25. The van der Waals surface area contributed by atoms with Crippen LogP contribution in [0, 0.1) is 18.7 Å². The maximum absolute atomic E-state index is 14.4. The van der Waals surface area contributed by atoms with E-state index in [1.807, 2.05) is 18.4 Å². The molecule has 0 fully saturated rings. The molecule has 0 unspecified atom stereocenters. The van der Waals surface area contributed by atoms with Crippen molar-refractivity contribution in [1.29, 1.82) is 0 Å². The van der Waals surface area contributed by atoms with Crippen LogP contribution in [-0.2, 0) is 6.42 Å². The normalized spacial score (nSPS) is 12.6. The quantitative estimate of drug-likeness (QED) is 0.648. The van der Waals surface area contributed by atoms with Crippen LogP contribution in [0.15, 0.2) is 35.3 Å². The van der Waals surface area contributed by atoms with Crippen molar-refractivity contribution in [2.75, 3.05) is 13.7 Å². The van der Waals surface area contributed by atoms with Gasteiger partial charge in [0.05, 0.1) is 30.2 Å². The van der Waals surface area contributed by atoms with Crippen molar-refractivity contribution >= 4 is 22.6 Å². The highest BCUT2D eigenvalue weighted by Crippen LogP contribution is 2.28. The molecule has 0 aliphatic carbocycles. The number of pyridine rings is 2. The largest absolute Gasteiger partial charge is 0.481 e. The third kappa shape index (κ3) is 4.00. The number of fused-ring (bicyclic) bond motifs is 1. The molecule has 0 radical (unpaired) electrons. The Kier molecular flexibility index (Phi) is 6.24. The van der Waals surface area contributed by atoms with Crippen LogP contribution < -0.4 is 10.2 Å². The van der Waals surface area contributed by atoms with Gasteiger partial charge >= 0.3 is 0 Å². The molecule has 0 spiro atoms. The van der Waals surface area contributed by atoms with Gasteiger partial charge in [0.2, 0.25) is 5.88 Å². The zero-order chi connectivity index (χ0) is 21.3. The van der Waals surface area contributed by atoms with Crippen molar-refractivity contribution in [3.05, 3.63) is 68.2 Å². The van der Waals surface area contributed by atoms with Gasteiger partial charge in [-0.05, 0) is 30.5 Å². The predicted molar refractivity (Wildman–Crippen MR) is 112 cm³/mol.